The number of hydrogen-bond acceptors (Lipinski definition) is 1. The molecular weight excluding hydrogens is 248 g/mol. The summed E-state index contributed by atoms with van der Waals surface area (Å²) in [6.45, 7) is 1.47. The Labute approximate surface area is 119 Å². The van der Waals surface area contributed by atoms with Gasteiger partial charge in [-0.15, -0.1) is 0 Å². The van der Waals surface area contributed by atoms with Crippen LogP contribution in [0.1, 0.15) is 22.5 Å². The van der Waals surface area contributed by atoms with Gasteiger partial charge >= 0.3 is 0 Å². The van der Waals surface area contributed by atoms with Gasteiger partial charge in [-0.1, -0.05) is 36.4 Å². The molecule has 0 unspecified atom stereocenters. The molecule has 0 saturated heterocycles. The Morgan fingerprint density at radius 3 is 2.50 bits per heavy atom. The third-order valence-corrected chi connectivity index (χ3v) is 3.80. The Morgan fingerprint density at radius 2 is 1.90 bits per heavy atom. The minimum Gasteiger partial charge on any atom is -0.347 e. The maximum Gasteiger partial charge on any atom is 0.270 e. The number of nitrogens with zero attached hydrogens (tertiary/aromatic N) is 2. The first-order chi connectivity index (χ1) is 9.75. The van der Waals surface area contributed by atoms with Crippen molar-refractivity contribution in [3.05, 3.63) is 66.0 Å². The van der Waals surface area contributed by atoms with E-state index in [9.17, 15) is 4.79 Å². The van der Waals surface area contributed by atoms with E-state index in [1.165, 1.54) is 11.1 Å². The Balaban J connectivity index is 1.74. The predicted octanol–water partition coefficient (Wildman–Crippen LogP) is 2.95. The lowest BCUT2D eigenvalue weighted by Crippen LogP contribution is -2.35. The highest BCUT2D eigenvalue weighted by Gasteiger charge is 2.20. The Kier molecular flexibility index (Phi) is 3.42. The maximum absolute atomic E-state index is 12.4. The fraction of sp³-hybridized carbons (Fsp3) is 0.235. The third-order valence-electron chi connectivity index (χ3n) is 3.80. The Hall–Kier alpha value is -2.29. The quantitative estimate of drug-likeness (QED) is 0.820. The van der Waals surface area contributed by atoms with Crippen molar-refractivity contribution in [1.82, 2.24) is 9.47 Å². The molecule has 2 aromatic rings. The van der Waals surface area contributed by atoms with E-state index in [2.05, 4.69) is 30.3 Å². The maximum atomic E-state index is 12.4. The average Bonchev–Trinajstić information content (AvgIpc) is 2.94. The summed E-state index contributed by atoms with van der Waals surface area (Å²) in [4.78, 5) is 14.3. The number of aromatic nitrogens is 1. The van der Waals surface area contributed by atoms with Crippen molar-refractivity contribution in [2.24, 2.45) is 7.05 Å². The summed E-state index contributed by atoms with van der Waals surface area (Å²) in [5.41, 5.74) is 3.35. The van der Waals surface area contributed by atoms with Gasteiger partial charge in [-0.2, -0.15) is 0 Å². The van der Waals surface area contributed by atoms with Crippen LogP contribution in [0.4, 0.5) is 0 Å². The van der Waals surface area contributed by atoms with Crippen LogP contribution in [0.3, 0.4) is 0 Å². The minimum absolute atomic E-state index is 0.112. The molecule has 20 heavy (non-hydrogen) atoms. The summed E-state index contributed by atoms with van der Waals surface area (Å²) in [7, 11) is 1.91. The number of aryl methyl sites for hydroxylation is 1. The molecule has 3 rings (SSSR count). The molecule has 0 aliphatic carbocycles. The zero-order valence-electron chi connectivity index (χ0n) is 11.6. The molecule has 1 amide bonds. The summed E-state index contributed by atoms with van der Waals surface area (Å²) >= 11 is 0. The van der Waals surface area contributed by atoms with Crippen molar-refractivity contribution in [3.63, 3.8) is 0 Å². The average molecular weight is 266 g/mol. The molecule has 1 aliphatic heterocycles. The van der Waals surface area contributed by atoms with Crippen molar-refractivity contribution in [2.75, 3.05) is 13.1 Å². The van der Waals surface area contributed by atoms with Crippen molar-refractivity contribution in [3.8, 4) is 0 Å². The van der Waals surface area contributed by atoms with E-state index in [4.69, 9.17) is 0 Å². The lowest BCUT2D eigenvalue weighted by atomic mass is 9.99. The van der Waals surface area contributed by atoms with Crippen LogP contribution in [0.15, 0.2) is 54.7 Å². The summed E-state index contributed by atoms with van der Waals surface area (Å²) in [6, 6.07) is 14.2. The molecule has 3 nitrogen and oxygen atoms in total. The van der Waals surface area contributed by atoms with Crippen LogP contribution in [-0.2, 0) is 7.05 Å². The SMILES string of the molecule is Cn1cccc1C(=O)N1CC=C(c2ccccc2)CC1. The molecule has 0 radical (unpaired) electrons. The predicted molar refractivity (Wildman–Crippen MR) is 80.4 cm³/mol. The van der Waals surface area contributed by atoms with Gasteiger partial charge in [-0.25, -0.2) is 0 Å². The largest absolute Gasteiger partial charge is 0.347 e. The molecule has 0 atom stereocenters. The summed E-state index contributed by atoms with van der Waals surface area (Å²) < 4.78 is 1.87. The van der Waals surface area contributed by atoms with E-state index < -0.39 is 0 Å². The molecule has 1 aromatic heterocycles. The number of amides is 1. The van der Waals surface area contributed by atoms with Gasteiger partial charge in [0, 0.05) is 26.3 Å². The molecule has 3 heteroatoms. The Morgan fingerprint density at radius 1 is 1.10 bits per heavy atom. The highest BCUT2D eigenvalue weighted by Crippen LogP contribution is 2.22. The summed E-state index contributed by atoms with van der Waals surface area (Å²) in [5, 5.41) is 0. The van der Waals surface area contributed by atoms with Crippen molar-refractivity contribution in [2.45, 2.75) is 6.42 Å². The van der Waals surface area contributed by atoms with Crippen LogP contribution in [0.5, 0.6) is 0 Å². The first kappa shape index (κ1) is 12.7. The standard InChI is InChI=1S/C17H18N2O/c1-18-11-5-8-16(18)17(20)19-12-9-15(10-13-19)14-6-3-2-4-7-14/h2-9,11H,10,12-13H2,1H3. The van der Waals surface area contributed by atoms with Crippen LogP contribution in [0.2, 0.25) is 0 Å². The Bertz CT molecular complexity index is 640. The van der Waals surface area contributed by atoms with E-state index in [0.29, 0.717) is 6.54 Å². The number of carbonyl (C=O) groups is 1. The van der Waals surface area contributed by atoms with Crippen LogP contribution in [0.25, 0.3) is 5.57 Å². The fourth-order valence-electron chi connectivity index (χ4n) is 2.61. The topological polar surface area (TPSA) is 25.2 Å². The molecule has 0 N–H and O–H groups in total. The van der Waals surface area contributed by atoms with Crippen molar-refractivity contribution in [1.29, 1.82) is 0 Å². The third kappa shape index (κ3) is 2.39. The zero-order valence-corrected chi connectivity index (χ0v) is 11.6. The molecule has 0 bridgehead atoms. The second kappa shape index (κ2) is 5.37. The number of rotatable bonds is 2. The van der Waals surface area contributed by atoms with Crippen molar-refractivity contribution < 1.29 is 4.79 Å². The van der Waals surface area contributed by atoms with Gasteiger partial charge in [0.2, 0.25) is 0 Å². The minimum atomic E-state index is 0.112. The van der Waals surface area contributed by atoms with Gasteiger partial charge in [0.15, 0.2) is 0 Å². The molecule has 0 fully saturated rings. The van der Waals surface area contributed by atoms with Gasteiger partial charge in [-0.05, 0) is 29.7 Å². The van der Waals surface area contributed by atoms with E-state index in [1.807, 2.05) is 40.9 Å². The summed E-state index contributed by atoms with van der Waals surface area (Å²) in [5.74, 6) is 0.112. The smallest absolute Gasteiger partial charge is 0.270 e. The highest BCUT2D eigenvalue weighted by atomic mass is 16.2. The normalized spacial score (nSPS) is 15.1. The van der Waals surface area contributed by atoms with Gasteiger partial charge < -0.3 is 9.47 Å². The second-order valence-corrected chi connectivity index (χ2v) is 5.10. The van der Waals surface area contributed by atoms with E-state index in [-0.39, 0.29) is 5.91 Å². The molecule has 102 valence electrons. The monoisotopic (exact) mass is 266 g/mol. The van der Waals surface area contributed by atoms with Gasteiger partial charge in [-0.3, -0.25) is 4.79 Å². The number of benzene rings is 1. The molecule has 1 aromatic carbocycles. The number of hydrogen-bond donors (Lipinski definition) is 0. The van der Waals surface area contributed by atoms with Crippen LogP contribution < -0.4 is 0 Å². The summed E-state index contributed by atoms with van der Waals surface area (Å²) in [6.07, 6.45) is 4.99. The van der Waals surface area contributed by atoms with Crippen LogP contribution >= 0.6 is 0 Å². The van der Waals surface area contributed by atoms with E-state index in [1.54, 1.807) is 0 Å². The first-order valence-electron chi connectivity index (χ1n) is 6.91. The van der Waals surface area contributed by atoms with Gasteiger partial charge in [0.25, 0.3) is 5.91 Å². The lowest BCUT2D eigenvalue weighted by molar-refractivity contribution is 0.0763. The zero-order chi connectivity index (χ0) is 13.9. The molecule has 0 saturated carbocycles. The van der Waals surface area contributed by atoms with Gasteiger partial charge in [0.05, 0.1) is 0 Å². The highest BCUT2D eigenvalue weighted by molar-refractivity contribution is 5.93. The molecular formula is C17H18N2O. The second-order valence-electron chi connectivity index (χ2n) is 5.10. The number of carbonyl (C=O) groups excluding carboxylic acids is 1. The fourth-order valence-corrected chi connectivity index (χ4v) is 2.61. The van der Waals surface area contributed by atoms with Gasteiger partial charge in [0.1, 0.15) is 5.69 Å². The van der Waals surface area contributed by atoms with Crippen LogP contribution in [0, 0.1) is 0 Å². The lowest BCUT2D eigenvalue weighted by Gasteiger charge is -2.26. The van der Waals surface area contributed by atoms with Crippen molar-refractivity contribution >= 4 is 11.5 Å². The van der Waals surface area contributed by atoms with Crippen LogP contribution in [-0.4, -0.2) is 28.5 Å². The molecule has 2 heterocycles. The molecule has 1 aliphatic rings. The molecule has 0 spiro atoms. The van der Waals surface area contributed by atoms with E-state index >= 15 is 0 Å². The van der Waals surface area contributed by atoms with E-state index in [0.717, 1.165) is 18.7 Å². The first-order valence-corrected chi connectivity index (χ1v) is 6.91.